The van der Waals surface area contributed by atoms with Crippen molar-refractivity contribution in [1.82, 2.24) is 20.6 Å². The standard InChI is InChI=1S/C16H17BrN4O3/c17-10-5-6-13-12(7-10)15(19-9-18-13)24-8-14(22)21-16(23)20-11-3-1-2-4-11/h5-7,9,11H,1-4,8H2,(H2,20,21,22,23). The lowest BCUT2D eigenvalue weighted by Gasteiger charge is -2.12. The lowest BCUT2D eigenvalue weighted by molar-refractivity contribution is -0.122. The number of amides is 3. The van der Waals surface area contributed by atoms with Crippen LogP contribution < -0.4 is 15.4 Å². The fraction of sp³-hybridized carbons (Fsp3) is 0.375. The maximum atomic E-state index is 11.9. The molecule has 7 nitrogen and oxygen atoms in total. The highest BCUT2D eigenvalue weighted by Crippen LogP contribution is 2.24. The van der Waals surface area contributed by atoms with Gasteiger partial charge in [-0.2, -0.15) is 0 Å². The Morgan fingerprint density at radius 2 is 2.04 bits per heavy atom. The van der Waals surface area contributed by atoms with Crippen LogP contribution >= 0.6 is 15.9 Å². The highest BCUT2D eigenvalue weighted by atomic mass is 79.9. The number of benzene rings is 1. The minimum absolute atomic E-state index is 0.155. The van der Waals surface area contributed by atoms with Gasteiger partial charge >= 0.3 is 6.03 Å². The van der Waals surface area contributed by atoms with Crippen LogP contribution in [-0.2, 0) is 4.79 Å². The molecule has 0 bridgehead atoms. The molecule has 24 heavy (non-hydrogen) atoms. The number of halogens is 1. The Kier molecular flexibility index (Phi) is 5.24. The number of aromatic nitrogens is 2. The van der Waals surface area contributed by atoms with Crippen molar-refractivity contribution in [2.24, 2.45) is 0 Å². The molecule has 0 saturated heterocycles. The van der Waals surface area contributed by atoms with Gasteiger partial charge in [0.25, 0.3) is 5.91 Å². The van der Waals surface area contributed by atoms with Gasteiger partial charge in [0.05, 0.1) is 10.9 Å². The smallest absolute Gasteiger partial charge is 0.321 e. The summed E-state index contributed by atoms with van der Waals surface area (Å²) in [6, 6.07) is 5.17. The number of carbonyl (C=O) groups excluding carboxylic acids is 2. The van der Waals surface area contributed by atoms with E-state index in [1.807, 2.05) is 18.2 Å². The number of fused-ring (bicyclic) bond motifs is 1. The molecule has 2 N–H and O–H groups in total. The van der Waals surface area contributed by atoms with Crippen molar-refractivity contribution in [3.05, 3.63) is 29.0 Å². The minimum Gasteiger partial charge on any atom is -0.467 e. The van der Waals surface area contributed by atoms with Crippen molar-refractivity contribution in [3.8, 4) is 5.88 Å². The fourth-order valence-corrected chi connectivity index (χ4v) is 3.07. The van der Waals surface area contributed by atoms with Crippen LogP contribution in [0.2, 0.25) is 0 Å². The predicted octanol–water partition coefficient (Wildman–Crippen LogP) is 2.54. The molecule has 1 aromatic carbocycles. The monoisotopic (exact) mass is 392 g/mol. The van der Waals surface area contributed by atoms with E-state index in [0.29, 0.717) is 16.8 Å². The molecule has 1 saturated carbocycles. The minimum atomic E-state index is -0.521. The van der Waals surface area contributed by atoms with Crippen molar-refractivity contribution in [2.75, 3.05) is 6.61 Å². The molecule has 1 aliphatic rings. The van der Waals surface area contributed by atoms with Crippen molar-refractivity contribution >= 4 is 38.8 Å². The zero-order chi connectivity index (χ0) is 16.9. The Hall–Kier alpha value is -2.22. The SMILES string of the molecule is O=C(COc1ncnc2ccc(Br)cc12)NC(=O)NC1CCCC1. The number of imide groups is 1. The first-order chi connectivity index (χ1) is 11.6. The van der Waals surface area contributed by atoms with Crippen LogP contribution in [0.4, 0.5) is 4.79 Å². The molecule has 1 aliphatic carbocycles. The molecule has 0 spiro atoms. The van der Waals surface area contributed by atoms with Gasteiger partial charge in [-0.1, -0.05) is 28.8 Å². The van der Waals surface area contributed by atoms with E-state index in [-0.39, 0.29) is 12.6 Å². The van der Waals surface area contributed by atoms with Gasteiger partial charge in [-0.25, -0.2) is 14.8 Å². The number of ether oxygens (including phenoxy) is 1. The molecule has 0 atom stereocenters. The molecule has 1 aromatic heterocycles. The van der Waals surface area contributed by atoms with E-state index >= 15 is 0 Å². The summed E-state index contributed by atoms with van der Waals surface area (Å²) in [7, 11) is 0. The van der Waals surface area contributed by atoms with Crippen LogP contribution in [-0.4, -0.2) is 34.6 Å². The third kappa shape index (κ3) is 4.19. The number of nitrogens with one attached hydrogen (secondary N) is 2. The number of rotatable bonds is 4. The highest BCUT2D eigenvalue weighted by Gasteiger charge is 2.18. The molecular formula is C16H17BrN4O3. The van der Waals surface area contributed by atoms with E-state index in [4.69, 9.17) is 4.74 Å². The van der Waals surface area contributed by atoms with Gasteiger partial charge in [-0.3, -0.25) is 10.1 Å². The molecule has 3 amide bonds. The van der Waals surface area contributed by atoms with Crippen LogP contribution in [0.25, 0.3) is 10.9 Å². The Bertz CT molecular complexity index is 762. The summed E-state index contributed by atoms with van der Waals surface area (Å²) in [5, 5.41) is 5.75. The summed E-state index contributed by atoms with van der Waals surface area (Å²) in [6.07, 6.45) is 5.51. The molecule has 1 fully saturated rings. The van der Waals surface area contributed by atoms with Crippen molar-refractivity contribution < 1.29 is 14.3 Å². The zero-order valence-electron chi connectivity index (χ0n) is 12.9. The summed E-state index contributed by atoms with van der Waals surface area (Å²) < 4.78 is 6.30. The van der Waals surface area contributed by atoms with Gasteiger partial charge in [0.15, 0.2) is 6.61 Å². The lowest BCUT2D eigenvalue weighted by atomic mass is 10.2. The Morgan fingerprint density at radius 3 is 2.83 bits per heavy atom. The van der Waals surface area contributed by atoms with Gasteiger partial charge in [0, 0.05) is 10.5 Å². The van der Waals surface area contributed by atoms with Crippen LogP contribution in [0.15, 0.2) is 29.0 Å². The molecule has 2 aromatic rings. The lowest BCUT2D eigenvalue weighted by Crippen LogP contribution is -2.45. The second kappa shape index (κ2) is 7.57. The summed E-state index contributed by atoms with van der Waals surface area (Å²) in [6.45, 7) is -0.295. The fourth-order valence-electron chi connectivity index (χ4n) is 2.71. The van der Waals surface area contributed by atoms with E-state index in [9.17, 15) is 9.59 Å². The summed E-state index contributed by atoms with van der Waals surface area (Å²) in [5.74, 6) is -0.222. The summed E-state index contributed by atoms with van der Waals surface area (Å²) >= 11 is 3.38. The largest absolute Gasteiger partial charge is 0.467 e. The van der Waals surface area contributed by atoms with E-state index in [1.54, 1.807) is 0 Å². The van der Waals surface area contributed by atoms with Crippen molar-refractivity contribution in [1.29, 1.82) is 0 Å². The summed E-state index contributed by atoms with van der Waals surface area (Å²) in [5.41, 5.74) is 0.711. The number of nitrogens with zero attached hydrogens (tertiary/aromatic N) is 2. The van der Waals surface area contributed by atoms with Gasteiger partial charge < -0.3 is 10.1 Å². The Morgan fingerprint density at radius 1 is 1.25 bits per heavy atom. The van der Waals surface area contributed by atoms with E-state index in [2.05, 4.69) is 36.5 Å². The maximum Gasteiger partial charge on any atom is 0.321 e. The number of hydrogen-bond acceptors (Lipinski definition) is 5. The van der Waals surface area contributed by atoms with Gasteiger partial charge in [0.2, 0.25) is 5.88 Å². The average molecular weight is 393 g/mol. The number of urea groups is 1. The maximum absolute atomic E-state index is 11.9. The van der Waals surface area contributed by atoms with Crippen molar-refractivity contribution in [2.45, 2.75) is 31.7 Å². The molecule has 0 radical (unpaired) electrons. The first kappa shape index (κ1) is 16.6. The van der Waals surface area contributed by atoms with Crippen molar-refractivity contribution in [3.63, 3.8) is 0 Å². The van der Waals surface area contributed by atoms with Gasteiger partial charge in [-0.15, -0.1) is 0 Å². The summed E-state index contributed by atoms with van der Waals surface area (Å²) in [4.78, 5) is 31.8. The molecule has 8 heteroatoms. The van der Waals surface area contributed by atoms with E-state index in [0.717, 1.165) is 30.2 Å². The normalized spacial score (nSPS) is 14.5. The first-order valence-corrected chi connectivity index (χ1v) is 8.54. The van der Waals surface area contributed by atoms with Crippen LogP contribution in [0.1, 0.15) is 25.7 Å². The first-order valence-electron chi connectivity index (χ1n) is 7.75. The average Bonchev–Trinajstić information content (AvgIpc) is 3.05. The molecule has 1 heterocycles. The highest BCUT2D eigenvalue weighted by molar-refractivity contribution is 9.10. The number of carbonyl (C=O) groups is 2. The molecule has 0 unspecified atom stereocenters. The van der Waals surface area contributed by atoms with Gasteiger partial charge in [-0.05, 0) is 31.0 Å². The third-order valence-corrected chi connectivity index (χ3v) is 4.34. The second-order valence-corrected chi connectivity index (χ2v) is 6.55. The zero-order valence-corrected chi connectivity index (χ0v) is 14.5. The third-order valence-electron chi connectivity index (χ3n) is 3.84. The Labute approximate surface area is 147 Å². The molecule has 126 valence electrons. The molecular weight excluding hydrogens is 376 g/mol. The predicted molar refractivity (Wildman–Crippen MR) is 91.7 cm³/mol. The van der Waals surface area contributed by atoms with E-state index < -0.39 is 11.9 Å². The van der Waals surface area contributed by atoms with Crippen LogP contribution in [0.3, 0.4) is 0 Å². The molecule has 0 aliphatic heterocycles. The Balaban J connectivity index is 1.56. The quantitative estimate of drug-likeness (QED) is 0.833. The van der Waals surface area contributed by atoms with Crippen LogP contribution in [0, 0.1) is 0 Å². The second-order valence-electron chi connectivity index (χ2n) is 5.63. The topological polar surface area (TPSA) is 93.2 Å². The number of hydrogen-bond donors (Lipinski definition) is 2. The van der Waals surface area contributed by atoms with Gasteiger partial charge in [0.1, 0.15) is 6.33 Å². The van der Waals surface area contributed by atoms with Crippen LogP contribution in [0.5, 0.6) is 5.88 Å². The molecule has 3 rings (SSSR count). The van der Waals surface area contributed by atoms with E-state index in [1.165, 1.54) is 6.33 Å².